The van der Waals surface area contributed by atoms with Crippen LogP contribution < -0.4 is 5.32 Å². The van der Waals surface area contributed by atoms with Gasteiger partial charge in [0.05, 0.1) is 9.40 Å². The molecule has 1 aromatic rings. The number of nitro groups is 1. The van der Waals surface area contributed by atoms with Crippen LogP contribution in [0.4, 0.5) is 5.69 Å². The minimum absolute atomic E-state index is 0.129. The SMILES string of the molecule is CC(C)N1CCC(NCc2ccc(Br)c([N+](=O)[O-])c2)CC1. The average Bonchev–Trinajstić information content (AvgIpc) is 2.46. The topological polar surface area (TPSA) is 58.4 Å². The van der Waals surface area contributed by atoms with Crippen LogP contribution in [0, 0.1) is 10.1 Å². The van der Waals surface area contributed by atoms with Gasteiger partial charge >= 0.3 is 0 Å². The lowest BCUT2D eigenvalue weighted by molar-refractivity contribution is -0.385. The zero-order valence-electron chi connectivity index (χ0n) is 12.5. The van der Waals surface area contributed by atoms with Crippen LogP contribution in [-0.2, 0) is 6.54 Å². The van der Waals surface area contributed by atoms with E-state index in [1.54, 1.807) is 12.1 Å². The van der Waals surface area contributed by atoms with Gasteiger partial charge in [-0.3, -0.25) is 10.1 Å². The van der Waals surface area contributed by atoms with Crippen molar-refractivity contribution in [1.82, 2.24) is 10.2 Å². The van der Waals surface area contributed by atoms with E-state index in [2.05, 4.69) is 40.0 Å². The van der Waals surface area contributed by atoms with Gasteiger partial charge in [-0.2, -0.15) is 0 Å². The van der Waals surface area contributed by atoms with E-state index in [0.29, 0.717) is 23.1 Å². The maximum Gasteiger partial charge on any atom is 0.283 e. The molecule has 5 nitrogen and oxygen atoms in total. The monoisotopic (exact) mass is 355 g/mol. The minimum Gasteiger partial charge on any atom is -0.310 e. The van der Waals surface area contributed by atoms with Crippen LogP contribution in [0.2, 0.25) is 0 Å². The van der Waals surface area contributed by atoms with Gasteiger partial charge in [-0.15, -0.1) is 0 Å². The number of piperidine rings is 1. The second-order valence-electron chi connectivity index (χ2n) is 5.83. The molecule has 0 saturated carbocycles. The first-order chi connectivity index (χ1) is 9.97. The van der Waals surface area contributed by atoms with E-state index in [1.165, 1.54) is 0 Å². The molecule has 116 valence electrons. The minimum atomic E-state index is -0.352. The molecule has 2 rings (SSSR count). The van der Waals surface area contributed by atoms with Crippen LogP contribution in [0.5, 0.6) is 0 Å². The maximum atomic E-state index is 10.9. The molecule has 1 aromatic carbocycles. The fraction of sp³-hybridized carbons (Fsp3) is 0.600. The highest BCUT2D eigenvalue weighted by Crippen LogP contribution is 2.25. The van der Waals surface area contributed by atoms with Gasteiger partial charge in [0.15, 0.2) is 0 Å². The highest BCUT2D eigenvalue weighted by atomic mass is 79.9. The highest BCUT2D eigenvalue weighted by molar-refractivity contribution is 9.10. The van der Waals surface area contributed by atoms with Gasteiger partial charge in [0.1, 0.15) is 0 Å². The molecule has 0 bridgehead atoms. The molecule has 0 unspecified atom stereocenters. The molecule has 0 aromatic heterocycles. The molecular weight excluding hydrogens is 334 g/mol. The number of benzene rings is 1. The van der Waals surface area contributed by atoms with Gasteiger partial charge in [-0.1, -0.05) is 6.07 Å². The van der Waals surface area contributed by atoms with Crippen molar-refractivity contribution in [2.75, 3.05) is 13.1 Å². The van der Waals surface area contributed by atoms with Gasteiger partial charge in [-0.05, 0) is 67.3 Å². The van der Waals surface area contributed by atoms with E-state index in [4.69, 9.17) is 0 Å². The molecule has 1 aliphatic rings. The molecule has 1 fully saturated rings. The molecule has 6 heteroatoms. The van der Waals surface area contributed by atoms with Crippen molar-refractivity contribution in [3.8, 4) is 0 Å². The number of nitrogens with zero attached hydrogens (tertiary/aromatic N) is 2. The Balaban J connectivity index is 1.87. The Morgan fingerprint density at radius 3 is 2.67 bits per heavy atom. The van der Waals surface area contributed by atoms with Crippen LogP contribution in [0.3, 0.4) is 0 Å². The van der Waals surface area contributed by atoms with Crippen LogP contribution in [0.25, 0.3) is 0 Å². The summed E-state index contributed by atoms with van der Waals surface area (Å²) >= 11 is 3.21. The summed E-state index contributed by atoms with van der Waals surface area (Å²) in [5.41, 5.74) is 1.08. The number of nitrogens with one attached hydrogen (secondary N) is 1. The van der Waals surface area contributed by atoms with Crippen molar-refractivity contribution in [2.45, 2.75) is 45.3 Å². The van der Waals surface area contributed by atoms with Gasteiger partial charge in [0.25, 0.3) is 5.69 Å². The summed E-state index contributed by atoms with van der Waals surface area (Å²) in [6, 6.07) is 6.42. The van der Waals surface area contributed by atoms with E-state index in [1.807, 2.05) is 6.07 Å². The second-order valence-corrected chi connectivity index (χ2v) is 6.68. The maximum absolute atomic E-state index is 10.9. The summed E-state index contributed by atoms with van der Waals surface area (Å²) in [6.45, 7) is 7.38. The van der Waals surface area contributed by atoms with Crippen molar-refractivity contribution in [2.24, 2.45) is 0 Å². The molecule has 0 radical (unpaired) electrons. The molecular formula is C15H22BrN3O2. The number of nitro benzene ring substituents is 1. The standard InChI is InChI=1S/C15H22BrN3O2/c1-11(2)18-7-5-13(6-8-18)17-10-12-3-4-14(16)15(9-12)19(20)21/h3-4,9,11,13,17H,5-8,10H2,1-2H3. The van der Waals surface area contributed by atoms with E-state index >= 15 is 0 Å². The summed E-state index contributed by atoms with van der Waals surface area (Å²) in [5, 5.41) is 14.4. The first-order valence-electron chi connectivity index (χ1n) is 7.37. The van der Waals surface area contributed by atoms with Crippen LogP contribution in [0.1, 0.15) is 32.3 Å². The molecule has 1 saturated heterocycles. The Morgan fingerprint density at radius 1 is 1.43 bits per heavy atom. The van der Waals surface area contributed by atoms with E-state index in [0.717, 1.165) is 31.5 Å². The lowest BCUT2D eigenvalue weighted by atomic mass is 10.0. The zero-order valence-corrected chi connectivity index (χ0v) is 14.1. The Morgan fingerprint density at radius 2 is 2.10 bits per heavy atom. The van der Waals surface area contributed by atoms with Crippen molar-refractivity contribution in [3.05, 3.63) is 38.3 Å². The third-order valence-electron chi connectivity index (χ3n) is 4.06. The molecule has 1 N–H and O–H groups in total. The third kappa shape index (κ3) is 4.49. The zero-order chi connectivity index (χ0) is 15.4. The first-order valence-corrected chi connectivity index (χ1v) is 8.17. The van der Waals surface area contributed by atoms with E-state index in [-0.39, 0.29) is 10.6 Å². The number of halogens is 1. The van der Waals surface area contributed by atoms with Gasteiger partial charge in [0.2, 0.25) is 0 Å². The third-order valence-corrected chi connectivity index (χ3v) is 4.73. The van der Waals surface area contributed by atoms with Crippen molar-refractivity contribution >= 4 is 21.6 Å². The molecule has 0 atom stereocenters. The highest BCUT2D eigenvalue weighted by Gasteiger charge is 2.20. The summed E-state index contributed by atoms with van der Waals surface area (Å²) in [6.07, 6.45) is 2.27. The fourth-order valence-corrected chi connectivity index (χ4v) is 3.08. The molecule has 1 aliphatic heterocycles. The predicted molar refractivity (Wildman–Crippen MR) is 87.4 cm³/mol. The molecule has 0 amide bonds. The fourth-order valence-electron chi connectivity index (χ4n) is 2.69. The number of hydrogen-bond acceptors (Lipinski definition) is 4. The summed E-state index contributed by atoms with van der Waals surface area (Å²) < 4.78 is 0.529. The molecule has 1 heterocycles. The Kier molecular flexibility index (Phi) is 5.72. The Labute approximate surface area is 134 Å². The first kappa shape index (κ1) is 16.4. The number of rotatable bonds is 5. The van der Waals surface area contributed by atoms with Crippen molar-refractivity contribution in [1.29, 1.82) is 0 Å². The largest absolute Gasteiger partial charge is 0.310 e. The molecule has 21 heavy (non-hydrogen) atoms. The van der Waals surface area contributed by atoms with Crippen molar-refractivity contribution in [3.63, 3.8) is 0 Å². The van der Waals surface area contributed by atoms with Gasteiger partial charge < -0.3 is 10.2 Å². The lowest BCUT2D eigenvalue weighted by Crippen LogP contribution is -2.44. The van der Waals surface area contributed by atoms with E-state index in [9.17, 15) is 10.1 Å². The summed E-state index contributed by atoms with van der Waals surface area (Å²) in [7, 11) is 0. The van der Waals surface area contributed by atoms with Crippen LogP contribution in [-0.4, -0.2) is 35.0 Å². The van der Waals surface area contributed by atoms with Crippen LogP contribution in [0.15, 0.2) is 22.7 Å². The van der Waals surface area contributed by atoms with Crippen LogP contribution >= 0.6 is 15.9 Å². The quantitative estimate of drug-likeness (QED) is 0.650. The normalized spacial score (nSPS) is 17.3. The van der Waals surface area contributed by atoms with Gasteiger partial charge in [-0.25, -0.2) is 0 Å². The summed E-state index contributed by atoms with van der Waals surface area (Å²) in [5.74, 6) is 0. The van der Waals surface area contributed by atoms with Crippen molar-refractivity contribution < 1.29 is 4.92 Å². The second kappa shape index (κ2) is 7.33. The smallest absolute Gasteiger partial charge is 0.283 e. The lowest BCUT2D eigenvalue weighted by Gasteiger charge is -2.35. The number of hydrogen-bond donors (Lipinski definition) is 1. The Bertz CT molecular complexity index is 500. The number of likely N-dealkylation sites (tertiary alicyclic amines) is 1. The van der Waals surface area contributed by atoms with Gasteiger partial charge in [0, 0.05) is 24.7 Å². The predicted octanol–water partition coefficient (Wildman–Crippen LogP) is 3.32. The summed E-state index contributed by atoms with van der Waals surface area (Å²) in [4.78, 5) is 13.1. The molecule has 0 aliphatic carbocycles. The Hall–Kier alpha value is -0.980. The molecule has 0 spiro atoms. The average molecular weight is 356 g/mol. The van der Waals surface area contributed by atoms with E-state index < -0.39 is 0 Å².